The van der Waals surface area contributed by atoms with Crippen LogP contribution in [0.3, 0.4) is 0 Å². The summed E-state index contributed by atoms with van der Waals surface area (Å²) in [6, 6.07) is 1.40. The van der Waals surface area contributed by atoms with Crippen molar-refractivity contribution >= 4 is 11.8 Å². The monoisotopic (exact) mass is 183 g/mol. The largest absolute Gasteiger partial charge is 0.464 e. The third-order valence-corrected chi connectivity index (χ3v) is 1.38. The smallest absolute Gasteiger partial charge is 0.360 e. The van der Waals surface area contributed by atoms with Crippen LogP contribution in [0.1, 0.15) is 23.2 Å². The Morgan fingerprint density at radius 3 is 2.85 bits per heavy atom. The van der Waals surface area contributed by atoms with E-state index in [1.807, 2.05) is 0 Å². The van der Waals surface area contributed by atoms with Gasteiger partial charge >= 0.3 is 5.97 Å². The minimum absolute atomic E-state index is 0.0486. The highest BCUT2D eigenvalue weighted by atomic mass is 16.5. The number of carbonyl (C=O) groups is 2. The van der Waals surface area contributed by atoms with Crippen molar-refractivity contribution in [1.29, 1.82) is 0 Å². The molecule has 0 aromatic carbocycles. The van der Waals surface area contributed by atoms with Gasteiger partial charge < -0.3 is 9.26 Å². The highest BCUT2D eigenvalue weighted by molar-refractivity contribution is 5.87. The molecule has 13 heavy (non-hydrogen) atoms. The zero-order valence-corrected chi connectivity index (χ0v) is 7.36. The molecule has 0 unspecified atom stereocenters. The maximum atomic E-state index is 10.9. The molecule has 0 N–H and O–H groups in total. The van der Waals surface area contributed by atoms with Gasteiger partial charge in [0.2, 0.25) is 0 Å². The van der Waals surface area contributed by atoms with Crippen molar-refractivity contribution in [2.75, 3.05) is 7.11 Å². The van der Waals surface area contributed by atoms with Crippen molar-refractivity contribution in [2.24, 2.45) is 0 Å². The lowest BCUT2D eigenvalue weighted by atomic mass is 10.2. The fraction of sp³-hybridized carbons (Fsp3) is 0.375. The number of esters is 1. The Labute approximate surface area is 74.7 Å². The van der Waals surface area contributed by atoms with Gasteiger partial charge in [0, 0.05) is 6.07 Å². The Bertz CT molecular complexity index is 329. The molecular formula is C8H9NO4. The maximum Gasteiger partial charge on any atom is 0.360 e. The summed E-state index contributed by atoms with van der Waals surface area (Å²) in [6.45, 7) is 1.43. The van der Waals surface area contributed by atoms with Gasteiger partial charge in [0.15, 0.2) is 5.69 Å². The standard InChI is InChI=1S/C8H9NO4/c1-5(10)3-6-4-7(9-13-6)8(11)12-2/h4H,3H2,1-2H3. The summed E-state index contributed by atoms with van der Waals surface area (Å²) < 4.78 is 9.13. The number of carbonyl (C=O) groups excluding carboxylic acids is 2. The van der Waals surface area contributed by atoms with Crippen LogP contribution in [0.2, 0.25) is 0 Å². The molecule has 0 bridgehead atoms. The molecule has 0 amide bonds. The molecule has 0 saturated carbocycles. The van der Waals surface area contributed by atoms with E-state index in [4.69, 9.17) is 4.52 Å². The fourth-order valence-corrected chi connectivity index (χ4v) is 0.842. The number of hydrogen-bond acceptors (Lipinski definition) is 5. The van der Waals surface area contributed by atoms with Crippen LogP contribution in [-0.4, -0.2) is 24.0 Å². The van der Waals surface area contributed by atoms with Crippen LogP contribution >= 0.6 is 0 Å². The van der Waals surface area contributed by atoms with E-state index < -0.39 is 5.97 Å². The van der Waals surface area contributed by atoms with Gasteiger partial charge in [-0.25, -0.2) is 4.79 Å². The van der Waals surface area contributed by atoms with Crippen LogP contribution in [0, 0.1) is 0 Å². The predicted octanol–water partition coefficient (Wildman–Crippen LogP) is 0.593. The van der Waals surface area contributed by atoms with E-state index in [-0.39, 0.29) is 17.9 Å². The molecule has 0 aliphatic carbocycles. The average molecular weight is 183 g/mol. The van der Waals surface area contributed by atoms with Gasteiger partial charge in [0.05, 0.1) is 13.5 Å². The van der Waals surface area contributed by atoms with Crippen LogP contribution < -0.4 is 0 Å². The summed E-state index contributed by atoms with van der Waals surface area (Å²) in [7, 11) is 1.25. The number of methoxy groups -OCH3 is 1. The van der Waals surface area contributed by atoms with Gasteiger partial charge in [0.25, 0.3) is 0 Å². The number of aromatic nitrogens is 1. The van der Waals surface area contributed by atoms with E-state index in [0.717, 1.165) is 0 Å². The summed E-state index contributed by atoms with van der Waals surface area (Å²) in [6.07, 6.45) is 0.143. The molecule has 0 fully saturated rings. The van der Waals surface area contributed by atoms with Crippen molar-refractivity contribution in [3.63, 3.8) is 0 Å². The molecule has 0 saturated heterocycles. The van der Waals surface area contributed by atoms with Crippen molar-refractivity contribution in [3.8, 4) is 0 Å². The predicted molar refractivity (Wildman–Crippen MR) is 42.2 cm³/mol. The molecule has 1 aromatic rings. The molecule has 1 aromatic heterocycles. The molecule has 1 heterocycles. The van der Waals surface area contributed by atoms with Crippen molar-refractivity contribution < 1.29 is 18.8 Å². The normalized spacial score (nSPS) is 9.69. The van der Waals surface area contributed by atoms with Gasteiger partial charge in [-0.05, 0) is 6.92 Å². The number of hydrogen-bond donors (Lipinski definition) is 0. The van der Waals surface area contributed by atoms with Gasteiger partial charge in [-0.1, -0.05) is 5.16 Å². The van der Waals surface area contributed by atoms with E-state index in [1.54, 1.807) is 0 Å². The Hall–Kier alpha value is -1.65. The molecule has 5 nitrogen and oxygen atoms in total. The third kappa shape index (κ3) is 2.40. The number of rotatable bonds is 3. The molecule has 1 rings (SSSR count). The fourth-order valence-electron chi connectivity index (χ4n) is 0.842. The van der Waals surface area contributed by atoms with Crippen LogP contribution in [0.15, 0.2) is 10.6 Å². The maximum absolute atomic E-state index is 10.9. The molecule has 0 atom stereocenters. The summed E-state index contributed by atoms with van der Waals surface area (Å²) >= 11 is 0. The van der Waals surface area contributed by atoms with Crippen LogP contribution in [0.25, 0.3) is 0 Å². The van der Waals surface area contributed by atoms with Gasteiger partial charge in [-0.15, -0.1) is 0 Å². The van der Waals surface area contributed by atoms with Crippen LogP contribution in [0.4, 0.5) is 0 Å². The van der Waals surface area contributed by atoms with E-state index in [1.165, 1.54) is 20.1 Å². The number of nitrogens with zero attached hydrogens (tertiary/aromatic N) is 1. The lowest BCUT2D eigenvalue weighted by molar-refractivity contribution is -0.116. The Kier molecular flexibility index (Phi) is 2.79. The van der Waals surface area contributed by atoms with Gasteiger partial charge in [-0.2, -0.15) is 0 Å². The third-order valence-electron chi connectivity index (χ3n) is 1.38. The van der Waals surface area contributed by atoms with Gasteiger partial charge in [-0.3, -0.25) is 4.79 Å². The van der Waals surface area contributed by atoms with Crippen LogP contribution in [0.5, 0.6) is 0 Å². The minimum Gasteiger partial charge on any atom is -0.464 e. The van der Waals surface area contributed by atoms with Crippen molar-refractivity contribution in [1.82, 2.24) is 5.16 Å². The Morgan fingerprint density at radius 2 is 2.31 bits per heavy atom. The van der Waals surface area contributed by atoms with Crippen molar-refractivity contribution in [2.45, 2.75) is 13.3 Å². The second-order valence-corrected chi connectivity index (χ2v) is 2.55. The zero-order valence-electron chi connectivity index (χ0n) is 7.36. The highest BCUT2D eigenvalue weighted by Gasteiger charge is 2.12. The first-order valence-corrected chi connectivity index (χ1v) is 3.67. The first-order chi connectivity index (χ1) is 6.13. The van der Waals surface area contributed by atoms with Gasteiger partial charge in [0.1, 0.15) is 11.5 Å². The van der Waals surface area contributed by atoms with E-state index in [2.05, 4.69) is 9.89 Å². The molecule has 0 radical (unpaired) electrons. The second-order valence-electron chi connectivity index (χ2n) is 2.55. The molecule has 0 aliphatic rings. The summed E-state index contributed by atoms with van der Waals surface area (Å²) in [5.74, 6) is -0.251. The molecule has 5 heteroatoms. The van der Waals surface area contributed by atoms with Crippen molar-refractivity contribution in [3.05, 3.63) is 17.5 Å². The zero-order chi connectivity index (χ0) is 9.84. The second kappa shape index (κ2) is 3.84. The van der Waals surface area contributed by atoms with Crippen LogP contribution in [-0.2, 0) is 16.0 Å². The number of ketones is 1. The number of ether oxygens (including phenoxy) is 1. The summed E-state index contributed by atoms with van der Waals surface area (Å²) in [5.41, 5.74) is 0.0822. The average Bonchev–Trinajstić information content (AvgIpc) is 2.50. The Morgan fingerprint density at radius 1 is 1.62 bits per heavy atom. The molecule has 70 valence electrons. The molecule has 0 aliphatic heterocycles. The van der Waals surface area contributed by atoms with E-state index in [0.29, 0.717) is 5.76 Å². The first kappa shape index (κ1) is 9.44. The quantitative estimate of drug-likeness (QED) is 0.641. The topological polar surface area (TPSA) is 69.4 Å². The molecular weight excluding hydrogens is 174 g/mol. The molecule has 0 spiro atoms. The van der Waals surface area contributed by atoms with E-state index >= 15 is 0 Å². The summed E-state index contributed by atoms with van der Waals surface area (Å²) in [4.78, 5) is 21.5. The summed E-state index contributed by atoms with van der Waals surface area (Å²) in [5, 5.41) is 3.44. The first-order valence-electron chi connectivity index (χ1n) is 3.67. The number of Topliss-reactive ketones (excluding diaryl/α,β-unsaturated/α-hetero) is 1. The lowest BCUT2D eigenvalue weighted by Gasteiger charge is -1.88. The van der Waals surface area contributed by atoms with E-state index in [9.17, 15) is 9.59 Å². The lowest BCUT2D eigenvalue weighted by Crippen LogP contribution is -2.00. The highest BCUT2D eigenvalue weighted by Crippen LogP contribution is 2.05. The Balaban J connectivity index is 2.74. The SMILES string of the molecule is COC(=O)c1cc(CC(C)=O)on1. The minimum atomic E-state index is -0.571.